The van der Waals surface area contributed by atoms with Crippen LogP contribution < -0.4 is 5.32 Å². The van der Waals surface area contributed by atoms with Crippen molar-refractivity contribution in [2.45, 2.75) is 63.5 Å². The molecule has 0 aliphatic carbocycles. The van der Waals surface area contributed by atoms with E-state index in [1.807, 2.05) is 0 Å². The van der Waals surface area contributed by atoms with Gasteiger partial charge in [0.2, 0.25) is 5.91 Å². The molecular weight excluding hydrogens is 321 g/mol. The molecular formula is C16H31Cl2N3O. The van der Waals surface area contributed by atoms with Crippen LogP contribution in [0.3, 0.4) is 0 Å². The van der Waals surface area contributed by atoms with Crippen molar-refractivity contribution in [3.05, 3.63) is 0 Å². The van der Waals surface area contributed by atoms with Crippen molar-refractivity contribution in [3.8, 4) is 0 Å². The van der Waals surface area contributed by atoms with Gasteiger partial charge in [-0.05, 0) is 64.6 Å². The average Bonchev–Trinajstić information content (AvgIpc) is 3.18. The smallest absolute Gasteiger partial charge is 0.222 e. The highest BCUT2D eigenvalue weighted by atomic mass is 35.5. The van der Waals surface area contributed by atoms with Crippen LogP contribution in [0.4, 0.5) is 0 Å². The van der Waals surface area contributed by atoms with Crippen LogP contribution >= 0.6 is 24.8 Å². The quantitative estimate of drug-likeness (QED) is 0.844. The summed E-state index contributed by atoms with van der Waals surface area (Å²) in [5, 5.41) is 3.49. The Morgan fingerprint density at radius 2 is 1.77 bits per heavy atom. The van der Waals surface area contributed by atoms with Crippen LogP contribution in [0.2, 0.25) is 0 Å². The normalized spacial score (nSPS) is 29.0. The Labute approximate surface area is 147 Å². The molecule has 3 fully saturated rings. The minimum Gasteiger partial charge on any atom is -0.341 e. The largest absolute Gasteiger partial charge is 0.341 e. The number of hydrogen-bond acceptors (Lipinski definition) is 3. The minimum absolute atomic E-state index is 0. The Morgan fingerprint density at radius 3 is 2.45 bits per heavy atom. The summed E-state index contributed by atoms with van der Waals surface area (Å²) in [6.45, 7) is 5.61. The van der Waals surface area contributed by atoms with Crippen LogP contribution in [0, 0.1) is 0 Å². The van der Waals surface area contributed by atoms with Gasteiger partial charge in [0.1, 0.15) is 0 Å². The first-order valence-corrected chi connectivity index (χ1v) is 8.58. The number of nitrogens with zero attached hydrogens (tertiary/aromatic N) is 2. The highest BCUT2D eigenvalue weighted by Gasteiger charge is 2.29. The van der Waals surface area contributed by atoms with Gasteiger partial charge in [-0.2, -0.15) is 0 Å². The van der Waals surface area contributed by atoms with Crippen molar-refractivity contribution in [1.82, 2.24) is 15.1 Å². The van der Waals surface area contributed by atoms with Crippen LogP contribution in [0.5, 0.6) is 0 Å². The van der Waals surface area contributed by atoms with Gasteiger partial charge in [0.05, 0.1) is 0 Å². The van der Waals surface area contributed by atoms with Gasteiger partial charge in [0.15, 0.2) is 0 Å². The van der Waals surface area contributed by atoms with Gasteiger partial charge in [-0.25, -0.2) is 0 Å². The van der Waals surface area contributed by atoms with Crippen molar-refractivity contribution < 1.29 is 4.79 Å². The first kappa shape index (κ1) is 20.0. The number of halogens is 2. The molecule has 3 rings (SSSR count). The molecule has 22 heavy (non-hydrogen) atoms. The first-order chi connectivity index (χ1) is 9.83. The second-order valence-electron chi connectivity index (χ2n) is 6.71. The Hall–Kier alpha value is -0.0300. The number of rotatable bonds is 4. The molecule has 3 aliphatic rings. The summed E-state index contributed by atoms with van der Waals surface area (Å²) in [6, 6.07) is 1.23. The number of hydrogen-bond donors (Lipinski definition) is 1. The van der Waals surface area contributed by atoms with Gasteiger partial charge in [-0.3, -0.25) is 9.69 Å². The van der Waals surface area contributed by atoms with Crippen LogP contribution in [0.15, 0.2) is 0 Å². The molecule has 3 saturated heterocycles. The van der Waals surface area contributed by atoms with E-state index in [1.165, 1.54) is 51.6 Å². The molecule has 3 aliphatic heterocycles. The SMILES string of the molecule is Cl.Cl.O=C(CCC1CCCN1)N1CCCC(N2CCCC2)C1. The van der Waals surface area contributed by atoms with E-state index in [0.717, 1.165) is 32.5 Å². The summed E-state index contributed by atoms with van der Waals surface area (Å²) in [5.74, 6) is 0.391. The highest BCUT2D eigenvalue weighted by Crippen LogP contribution is 2.21. The third-order valence-electron chi connectivity index (χ3n) is 5.28. The Morgan fingerprint density at radius 1 is 1.00 bits per heavy atom. The van der Waals surface area contributed by atoms with Crippen LogP contribution in [0.1, 0.15) is 51.4 Å². The van der Waals surface area contributed by atoms with Crippen LogP contribution in [0.25, 0.3) is 0 Å². The van der Waals surface area contributed by atoms with Crippen molar-refractivity contribution in [2.24, 2.45) is 0 Å². The lowest BCUT2D eigenvalue weighted by Crippen LogP contribution is -2.49. The molecule has 0 aromatic heterocycles. The second kappa shape index (κ2) is 9.96. The lowest BCUT2D eigenvalue weighted by atomic mass is 10.0. The molecule has 0 bridgehead atoms. The molecule has 4 nitrogen and oxygen atoms in total. The Kier molecular flexibility index (Phi) is 9.07. The molecule has 6 heteroatoms. The Balaban J connectivity index is 0.00000121. The summed E-state index contributed by atoms with van der Waals surface area (Å²) in [5.41, 5.74) is 0. The fraction of sp³-hybridized carbons (Fsp3) is 0.938. The zero-order valence-corrected chi connectivity index (χ0v) is 15.1. The van der Waals surface area contributed by atoms with E-state index in [4.69, 9.17) is 0 Å². The summed E-state index contributed by atoms with van der Waals surface area (Å²) < 4.78 is 0. The summed E-state index contributed by atoms with van der Waals surface area (Å²) in [6.07, 6.45) is 9.47. The van der Waals surface area contributed by atoms with Crippen molar-refractivity contribution in [1.29, 1.82) is 0 Å². The lowest BCUT2D eigenvalue weighted by Gasteiger charge is -2.37. The molecule has 2 atom stereocenters. The average molecular weight is 352 g/mol. The monoisotopic (exact) mass is 351 g/mol. The predicted octanol–water partition coefficient (Wildman–Crippen LogP) is 2.45. The van der Waals surface area contributed by atoms with Crippen molar-refractivity contribution in [2.75, 3.05) is 32.7 Å². The molecule has 0 aromatic rings. The molecule has 1 N–H and O–H groups in total. The molecule has 3 heterocycles. The van der Waals surface area contributed by atoms with Gasteiger partial charge in [-0.15, -0.1) is 24.8 Å². The summed E-state index contributed by atoms with van der Waals surface area (Å²) >= 11 is 0. The number of likely N-dealkylation sites (tertiary alicyclic amines) is 2. The standard InChI is InChI=1S/C16H29N3O.2ClH/c20-16(8-7-14-5-3-9-17-14)19-12-4-6-15(13-19)18-10-1-2-11-18;;/h14-15,17H,1-13H2;2*1H. The van der Waals surface area contributed by atoms with Gasteiger partial charge in [-0.1, -0.05) is 0 Å². The molecule has 0 saturated carbocycles. The summed E-state index contributed by atoms with van der Waals surface area (Å²) in [7, 11) is 0. The third-order valence-corrected chi connectivity index (χ3v) is 5.28. The molecule has 0 spiro atoms. The van der Waals surface area contributed by atoms with Crippen molar-refractivity contribution >= 4 is 30.7 Å². The summed E-state index contributed by atoms with van der Waals surface area (Å²) in [4.78, 5) is 17.1. The van der Waals surface area contributed by atoms with Gasteiger partial charge in [0, 0.05) is 31.6 Å². The maximum Gasteiger partial charge on any atom is 0.222 e. The zero-order chi connectivity index (χ0) is 13.8. The lowest BCUT2D eigenvalue weighted by molar-refractivity contribution is -0.133. The minimum atomic E-state index is 0. The fourth-order valence-corrected chi connectivity index (χ4v) is 4.04. The molecule has 0 radical (unpaired) electrons. The van der Waals surface area contributed by atoms with E-state index in [2.05, 4.69) is 15.1 Å². The second-order valence-corrected chi connectivity index (χ2v) is 6.71. The van der Waals surface area contributed by atoms with Gasteiger partial charge >= 0.3 is 0 Å². The van der Waals surface area contributed by atoms with Crippen LogP contribution in [-0.2, 0) is 4.79 Å². The number of amides is 1. The number of carbonyl (C=O) groups is 1. The van der Waals surface area contributed by atoms with E-state index in [9.17, 15) is 4.79 Å². The third kappa shape index (κ3) is 5.26. The predicted molar refractivity (Wildman–Crippen MR) is 95.2 cm³/mol. The molecule has 130 valence electrons. The maximum absolute atomic E-state index is 12.4. The molecule has 0 aromatic carbocycles. The van der Waals surface area contributed by atoms with E-state index >= 15 is 0 Å². The number of carbonyl (C=O) groups excluding carboxylic acids is 1. The van der Waals surface area contributed by atoms with Crippen LogP contribution in [-0.4, -0.2) is 60.5 Å². The van der Waals surface area contributed by atoms with Crippen molar-refractivity contribution in [3.63, 3.8) is 0 Å². The van der Waals surface area contributed by atoms with Gasteiger partial charge in [0.25, 0.3) is 0 Å². The number of piperidine rings is 1. The van der Waals surface area contributed by atoms with E-state index in [-0.39, 0.29) is 24.8 Å². The molecule has 2 unspecified atom stereocenters. The Bertz CT molecular complexity index is 331. The maximum atomic E-state index is 12.4. The zero-order valence-electron chi connectivity index (χ0n) is 13.5. The van der Waals surface area contributed by atoms with Gasteiger partial charge < -0.3 is 10.2 Å². The van der Waals surface area contributed by atoms with E-state index < -0.39 is 0 Å². The fourth-order valence-electron chi connectivity index (χ4n) is 4.04. The van der Waals surface area contributed by atoms with E-state index in [0.29, 0.717) is 18.0 Å². The molecule has 1 amide bonds. The number of nitrogens with one attached hydrogen (secondary N) is 1. The topological polar surface area (TPSA) is 35.6 Å². The first-order valence-electron chi connectivity index (χ1n) is 8.58. The van der Waals surface area contributed by atoms with E-state index in [1.54, 1.807) is 0 Å². The highest BCUT2D eigenvalue weighted by molar-refractivity contribution is 5.85.